The largest absolute Gasteiger partial charge is 0.385 e. The second-order valence-corrected chi connectivity index (χ2v) is 7.88. The molecule has 0 saturated heterocycles. The summed E-state index contributed by atoms with van der Waals surface area (Å²) in [6.07, 6.45) is 7.12. The number of amides is 2. The van der Waals surface area contributed by atoms with E-state index in [1.54, 1.807) is 0 Å². The SMILES string of the molecule is CC(C)(C)C1CCC(C2C(N)=NC(=O)N2C2CC2)CC1. The molecule has 20 heavy (non-hydrogen) atoms. The van der Waals surface area contributed by atoms with Gasteiger partial charge in [-0.3, -0.25) is 0 Å². The molecule has 0 radical (unpaired) electrons. The van der Waals surface area contributed by atoms with Crippen LogP contribution >= 0.6 is 0 Å². The molecule has 4 heteroatoms. The second-order valence-electron chi connectivity index (χ2n) is 7.88. The number of nitrogens with two attached hydrogens (primary N) is 1. The van der Waals surface area contributed by atoms with Gasteiger partial charge in [0.25, 0.3) is 0 Å². The Kier molecular flexibility index (Phi) is 3.30. The number of hydrogen-bond donors (Lipinski definition) is 1. The molecule has 0 spiro atoms. The second kappa shape index (κ2) is 4.74. The number of amidine groups is 1. The molecule has 2 amide bonds. The van der Waals surface area contributed by atoms with Crippen molar-refractivity contribution in [2.75, 3.05) is 0 Å². The molecule has 1 heterocycles. The molecule has 0 aromatic rings. The Morgan fingerprint density at radius 1 is 1.10 bits per heavy atom. The Labute approximate surface area is 121 Å². The molecule has 4 nitrogen and oxygen atoms in total. The molecule has 2 saturated carbocycles. The number of hydrogen-bond acceptors (Lipinski definition) is 2. The van der Waals surface area contributed by atoms with E-state index in [-0.39, 0.29) is 12.1 Å². The highest BCUT2D eigenvalue weighted by atomic mass is 16.2. The number of nitrogens with zero attached hydrogens (tertiary/aromatic N) is 2. The third-order valence-corrected chi connectivity index (χ3v) is 5.43. The van der Waals surface area contributed by atoms with Crippen LogP contribution in [0.2, 0.25) is 0 Å². The van der Waals surface area contributed by atoms with Crippen molar-refractivity contribution >= 4 is 11.9 Å². The van der Waals surface area contributed by atoms with E-state index in [2.05, 4.69) is 25.8 Å². The number of aliphatic imine (C=N–C) groups is 1. The van der Waals surface area contributed by atoms with Gasteiger partial charge in [-0.15, -0.1) is 0 Å². The van der Waals surface area contributed by atoms with Crippen LogP contribution in [0, 0.1) is 17.3 Å². The van der Waals surface area contributed by atoms with Gasteiger partial charge < -0.3 is 10.6 Å². The zero-order valence-electron chi connectivity index (χ0n) is 12.9. The van der Waals surface area contributed by atoms with E-state index in [0.29, 0.717) is 23.2 Å². The topological polar surface area (TPSA) is 58.7 Å². The van der Waals surface area contributed by atoms with Gasteiger partial charge in [-0.05, 0) is 55.8 Å². The fourth-order valence-electron chi connectivity index (χ4n) is 4.00. The third kappa shape index (κ3) is 2.45. The van der Waals surface area contributed by atoms with Gasteiger partial charge in [0.2, 0.25) is 0 Å². The Hall–Kier alpha value is -1.06. The molecular formula is C16H27N3O. The summed E-state index contributed by atoms with van der Waals surface area (Å²) in [4.78, 5) is 18.0. The van der Waals surface area contributed by atoms with Gasteiger partial charge in [-0.1, -0.05) is 20.8 Å². The molecule has 2 N–H and O–H groups in total. The predicted octanol–water partition coefficient (Wildman–Crippen LogP) is 3.16. The first kappa shape index (κ1) is 13.9. The third-order valence-electron chi connectivity index (χ3n) is 5.43. The number of carbonyl (C=O) groups is 1. The normalized spacial score (nSPS) is 35.4. The van der Waals surface area contributed by atoms with Crippen LogP contribution in [0.1, 0.15) is 59.3 Å². The van der Waals surface area contributed by atoms with Gasteiger partial charge in [0.15, 0.2) is 0 Å². The minimum atomic E-state index is -0.0899. The Balaban J connectivity index is 1.68. The van der Waals surface area contributed by atoms with Crippen LogP contribution in [-0.2, 0) is 0 Å². The van der Waals surface area contributed by atoms with Crippen LogP contribution in [0.4, 0.5) is 4.79 Å². The van der Waals surface area contributed by atoms with E-state index in [0.717, 1.165) is 18.8 Å². The number of carbonyl (C=O) groups excluding carboxylic acids is 1. The molecule has 0 aromatic carbocycles. The predicted molar refractivity (Wildman–Crippen MR) is 80.6 cm³/mol. The average molecular weight is 277 g/mol. The molecule has 3 rings (SSSR count). The molecule has 0 bridgehead atoms. The van der Waals surface area contributed by atoms with Crippen molar-refractivity contribution in [1.82, 2.24) is 4.90 Å². The van der Waals surface area contributed by atoms with Crippen molar-refractivity contribution in [3.8, 4) is 0 Å². The van der Waals surface area contributed by atoms with Gasteiger partial charge in [-0.2, -0.15) is 4.99 Å². The minimum Gasteiger partial charge on any atom is -0.385 e. The fraction of sp³-hybridized carbons (Fsp3) is 0.875. The first-order chi connectivity index (χ1) is 9.38. The van der Waals surface area contributed by atoms with Crippen LogP contribution in [0.3, 0.4) is 0 Å². The van der Waals surface area contributed by atoms with Crippen molar-refractivity contribution in [3.63, 3.8) is 0 Å². The summed E-state index contributed by atoms with van der Waals surface area (Å²) in [5, 5.41) is 0. The summed E-state index contributed by atoms with van der Waals surface area (Å²) >= 11 is 0. The lowest BCUT2D eigenvalue weighted by atomic mass is 9.68. The molecule has 3 aliphatic rings. The van der Waals surface area contributed by atoms with E-state index in [9.17, 15) is 4.79 Å². The molecule has 1 atom stereocenters. The Bertz CT molecular complexity index is 425. The number of rotatable bonds is 2. The van der Waals surface area contributed by atoms with Gasteiger partial charge >= 0.3 is 6.03 Å². The Morgan fingerprint density at radius 3 is 2.20 bits per heavy atom. The van der Waals surface area contributed by atoms with Gasteiger partial charge in [0, 0.05) is 6.04 Å². The maximum atomic E-state index is 12.0. The van der Waals surface area contributed by atoms with E-state index in [1.165, 1.54) is 25.7 Å². The van der Waals surface area contributed by atoms with Crippen LogP contribution < -0.4 is 5.73 Å². The van der Waals surface area contributed by atoms with Crippen molar-refractivity contribution < 1.29 is 4.79 Å². The van der Waals surface area contributed by atoms with Crippen molar-refractivity contribution in [3.05, 3.63) is 0 Å². The minimum absolute atomic E-state index is 0.0899. The molecule has 2 aliphatic carbocycles. The summed E-state index contributed by atoms with van der Waals surface area (Å²) < 4.78 is 0. The maximum absolute atomic E-state index is 12.0. The first-order valence-electron chi connectivity index (χ1n) is 8.04. The highest BCUT2D eigenvalue weighted by molar-refractivity contribution is 6.03. The highest BCUT2D eigenvalue weighted by Gasteiger charge is 2.47. The summed E-state index contributed by atoms with van der Waals surface area (Å²) in [6, 6.07) is 0.418. The van der Waals surface area contributed by atoms with Crippen molar-refractivity contribution in [2.24, 2.45) is 28.0 Å². The van der Waals surface area contributed by atoms with E-state index >= 15 is 0 Å². The van der Waals surface area contributed by atoms with Crippen LogP contribution in [-0.4, -0.2) is 28.9 Å². The lowest BCUT2D eigenvalue weighted by Crippen LogP contribution is -2.48. The van der Waals surface area contributed by atoms with E-state index < -0.39 is 0 Å². The molecule has 1 unspecified atom stereocenters. The Morgan fingerprint density at radius 2 is 1.70 bits per heavy atom. The summed E-state index contributed by atoms with van der Waals surface area (Å²) in [6.45, 7) is 7.01. The first-order valence-corrected chi connectivity index (χ1v) is 8.04. The lowest BCUT2D eigenvalue weighted by molar-refractivity contribution is 0.117. The van der Waals surface area contributed by atoms with E-state index in [1.807, 2.05) is 4.90 Å². The van der Waals surface area contributed by atoms with Crippen molar-refractivity contribution in [1.29, 1.82) is 0 Å². The maximum Gasteiger partial charge on any atom is 0.346 e. The van der Waals surface area contributed by atoms with Crippen LogP contribution in [0.25, 0.3) is 0 Å². The van der Waals surface area contributed by atoms with Gasteiger partial charge in [0.05, 0.1) is 6.04 Å². The molecule has 2 fully saturated rings. The van der Waals surface area contributed by atoms with Gasteiger partial charge in [-0.25, -0.2) is 4.79 Å². The standard InChI is InChI=1S/C16H27N3O/c1-16(2,3)11-6-4-10(5-7-11)13-14(17)18-15(20)19(13)12-8-9-12/h10-13H,4-9H2,1-3H3,(H2,17,18,20). The number of urea groups is 1. The van der Waals surface area contributed by atoms with Crippen LogP contribution in [0.15, 0.2) is 4.99 Å². The lowest BCUT2D eigenvalue weighted by Gasteiger charge is -2.40. The highest BCUT2D eigenvalue weighted by Crippen LogP contribution is 2.43. The molecule has 112 valence electrons. The zero-order chi connectivity index (χ0) is 14.5. The quantitative estimate of drug-likeness (QED) is 0.843. The zero-order valence-corrected chi connectivity index (χ0v) is 12.9. The average Bonchev–Trinajstić information content (AvgIpc) is 3.14. The fourth-order valence-corrected chi connectivity index (χ4v) is 4.00. The molecule has 1 aliphatic heterocycles. The summed E-state index contributed by atoms with van der Waals surface area (Å²) in [5.74, 6) is 1.88. The molecular weight excluding hydrogens is 250 g/mol. The van der Waals surface area contributed by atoms with Crippen LogP contribution in [0.5, 0.6) is 0 Å². The monoisotopic (exact) mass is 277 g/mol. The van der Waals surface area contributed by atoms with E-state index in [4.69, 9.17) is 5.73 Å². The van der Waals surface area contributed by atoms with Crippen molar-refractivity contribution in [2.45, 2.75) is 71.4 Å². The smallest absolute Gasteiger partial charge is 0.346 e. The summed E-state index contributed by atoms with van der Waals surface area (Å²) in [5.41, 5.74) is 6.46. The summed E-state index contributed by atoms with van der Waals surface area (Å²) in [7, 11) is 0. The molecule has 0 aromatic heterocycles. The van der Waals surface area contributed by atoms with Gasteiger partial charge in [0.1, 0.15) is 5.84 Å².